The largest absolute Gasteiger partial charge is 0.514 e. The smallest absolute Gasteiger partial charge is 0.477 e. The fourth-order valence-electron chi connectivity index (χ4n) is 3.28. The molecular formula is C30H47NO10. The van der Waals surface area contributed by atoms with Gasteiger partial charge in [0, 0.05) is 18.9 Å². The number of carbonyl (C=O) groups is 4. The molecule has 4 atom stereocenters. The first-order chi connectivity index (χ1) is 19.0. The monoisotopic (exact) mass is 581 g/mol. The molecule has 0 bridgehead atoms. The molecule has 0 spiro atoms. The third-order valence-corrected chi connectivity index (χ3v) is 6.59. The van der Waals surface area contributed by atoms with Crippen LogP contribution in [-0.2, 0) is 30.2 Å². The van der Waals surface area contributed by atoms with E-state index in [-0.39, 0.29) is 48.1 Å². The molecule has 1 aromatic carbocycles. The van der Waals surface area contributed by atoms with Crippen LogP contribution < -0.4 is 14.8 Å². The van der Waals surface area contributed by atoms with Crippen LogP contribution >= 0.6 is 0 Å². The molecule has 0 aliphatic carbocycles. The summed E-state index contributed by atoms with van der Waals surface area (Å²) < 4.78 is 26.9. The molecule has 0 aromatic heterocycles. The van der Waals surface area contributed by atoms with Crippen molar-refractivity contribution >= 4 is 24.2 Å². The van der Waals surface area contributed by atoms with Crippen molar-refractivity contribution in [3.8, 4) is 11.5 Å². The van der Waals surface area contributed by atoms with Crippen molar-refractivity contribution in [3.05, 3.63) is 23.8 Å². The Morgan fingerprint density at radius 2 is 1.34 bits per heavy atom. The van der Waals surface area contributed by atoms with E-state index in [2.05, 4.69) is 5.32 Å². The second-order valence-electron chi connectivity index (χ2n) is 11.5. The number of nitrogens with one attached hydrogen (secondary N) is 1. The second kappa shape index (κ2) is 16.2. The molecule has 0 aliphatic heterocycles. The maximum atomic E-state index is 12.6. The van der Waals surface area contributed by atoms with Gasteiger partial charge in [-0.25, -0.2) is 14.4 Å². The van der Waals surface area contributed by atoms with Crippen LogP contribution in [0.5, 0.6) is 11.5 Å². The van der Waals surface area contributed by atoms with Gasteiger partial charge in [-0.05, 0) is 62.6 Å². The standard InChI is InChI=1S/C30H47NO10/c1-11-20(8)31-30(27(33)34,41-26(32)14-17(2)3)16-23-12-13-24(39-28(35)37-21(9)18(4)5)25(15-23)40-29(36)38-22(10)19(6)7/h12-13,15,17-22,31H,11,14,16H2,1-10H3,(H,33,34)/t20?,21?,22?,30-/m0/s1. The first kappa shape index (κ1) is 35.7. The quantitative estimate of drug-likeness (QED) is 0.107. The summed E-state index contributed by atoms with van der Waals surface area (Å²) in [5, 5.41) is 13.2. The van der Waals surface area contributed by atoms with Gasteiger partial charge in [0.2, 0.25) is 0 Å². The Balaban J connectivity index is 3.48. The normalized spacial score (nSPS) is 15.0. The van der Waals surface area contributed by atoms with E-state index >= 15 is 0 Å². The van der Waals surface area contributed by atoms with Crippen molar-refractivity contribution < 1.29 is 48.0 Å². The molecule has 1 rings (SSSR count). The van der Waals surface area contributed by atoms with Crippen LogP contribution in [0.4, 0.5) is 9.59 Å². The lowest BCUT2D eigenvalue weighted by atomic mass is 10.00. The van der Waals surface area contributed by atoms with Crippen molar-refractivity contribution in [1.29, 1.82) is 0 Å². The number of rotatable bonds is 15. The van der Waals surface area contributed by atoms with Crippen LogP contribution in [0.3, 0.4) is 0 Å². The summed E-state index contributed by atoms with van der Waals surface area (Å²) >= 11 is 0. The van der Waals surface area contributed by atoms with Gasteiger partial charge >= 0.3 is 24.2 Å². The van der Waals surface area contributed by atoms with E-state index in [9.17, 15) is 24.3 Å². The van der Waals surface area contributed by atoms with E-state index in [0.717, 1.165) is 0 Å². The molecule has 3 unspecified atom stereocenters. The molecule has 11 heteroatoms. The number of carbonyl (C=O) groups excluding carboxylic acids is 3. The van der Waals surface area contributed by atoms with E-state index in [1.165, 1.54) is 18.2 Å². The molecular weight excluding hydrogens is 534 g/mol. The summed E-state index contributed by atoms with van der Waals surface area (Å²) in [6, 6.07) is 3.84. The van der Waals surface area contributed by atoms with Gasteiger partial charge in [-0.3, -0.25) is 10.1 Å². The van der Waals surface area contributed by atoms with Gasteiger partial charge in [-0.15, -0.1) is 0 Å². The summed E-state index contributed by atoms with van der Waals surface area (Å²) in [6.45, 7) is 18.2. The number of carboxylic acid groups (broad SMARTS) is 1. The third kappa shape index (κ3) is 12.0. The van der Waals surface area contributed by atoms with Crippen LogP contribution in [-0.4, -0.2) is 53.3 Å². The Morgan fingerprint density at radius 1 is 0.829 bits per heavy atom. The summed E-state index contributed by atoms with van der Waals surface area (Å²) in [5.74, 6) is -2.41. The molecule has 232 valence electrons. The second-order valence-corrected chi connectivity index (χ2v) is 11.5. The zero-order valence-electron chi connectivity index (χ0n) is 25.9. The van der Waals surface area contributed by atoms with Gasteiger partial charge in [-0.2, -0.15) is 0 Å². The van der Waals surface area contributed by atoms with Gasteiger partial charge in [-0.1, -0.05) is 54.5 Å². The average Bonchev–Trinajstić information content (AvgIpc) is 2.84. The molecule has 41 heavy (non-hydrogen) atoms. The Labute approximate surface area is 243 Å². The molecule has 0 saturated heterocycles. The van der Waals surface area contributed by atoms with E-state index in [0.29, 0.717) is 12.0 Å². The van der Waals surface area contributed by atoms with Crippen LogP contribution in [0.15, 0.2) is 18.2 Å². The average molecular weight is 582 g/mol. The van der Waals surface area contributed by atoms with E-state index < -0.39 is 42.2 Å². The lowest BCUT2D eigenvalue weighted by molar-refractivity contribution is -0.185. The fraction of sp³-hybridized carbons (Fsp3) is 0.667. The van der Waals surface area contributed by atoms with Crippen molar-refractivity contribution in [2.75, 3.05) is 0 Å². The molecule has 0 saturated carbocycles. The van der Waals surface area contributed by atoms with Crippen LogP contribution in [0.2, 0.25) is 0 Å². The zero-order chi connectivity index (χ0) is 31.5. The number of aliphatic carboxylic acids is 1. The number of carboxylic acids is 1. The summed E-state index contributed by atoms with van der Waals surface area (Å²) in [4.78, 5) is 50.2. The molecule has 0 amide bonds. The molecule has 1 aromatic rings. The van der Waals surface area contributed by atoms with Crippen molar-refractivity contribution in [3.63, 3.8) is 0 Å². The van der Waals surface area contributed by atoms with E-state index in [1.807, 2.05) is 48.5 Å². The highest BCUT2D eigenvalue weighted by Crippen LogP contribution is 2.32. The van der Waals surface area contributed by atoms with Crippen LogP contribution in [0, 0.1) is 17.8 Å². The first-order valence-corrected chi connectivity index (χ1v) is 14.1. The Morgan fingerprint density at radius 3 is 1.78 bits per heavy atom. The van der Waals surface area contributed by atoms with Gasteiger partial charge < -0.3 is 28.8 Å². The number of hydrogen-bond acceptors (Lipinski definition) is 10. The highest BCUT2D eigenvalue weighted by molar-refractivity contribution is 5.82. The lowest BCUT2D eigenvalue weighted by Gasteiger charge is -2.33. The number of hydrogen-bond donors (Lipinski definition) is 2. The van der Waals surface area contributed by atoms with Crippen molar-refractivity contribution in [1.82, 2.24) is 5.32 Å². The zero-order valence-corrected chi connectivity index (χ0v) is 25.9. The van der Waals surface area contributed by atoms with Gasteiger partial charge in [0.05, 0.1) is 0 Å². The number of benzene rings is 1. The molecule has 2 N–H and O–H groups in total. The molecule has 0 radical (unpaired) electrons. The summed E-state index contributed by atoms with van der Waals surface area (Å²) in [5.41, 5.74) is -1.80. The topological polar surface area (TPSA) is 147 Å². The Bertz CT molecular complexity index is 1040. The molecule has 0 heterocycles. The lowest BCUT2D eigenvalue weighted by Crippen LogP contribution is -2.59. The van der Waals surface area contributed by atoms with Crippen LogP contribution in [0.1, 0.15) is 87.6 Å². The summed E-state index contributed by atoms with van der Waals surface area (Å²) in [7, 11) is 0. The van der Waals surface area contributed by atoms with E-state index in [1.54, 1.807) is 20.8 Å². The molecule has 0 fully saturated rings. The Kier molecular flexibility index (Phi) is 14.1. The minimum Gasteiger partial charge on any atom is -0.477 e. The Hall–Kier alpha value is -3.34. The van der Waals surface area contributed by atoms with Gasteiger partial charge in [0.1, 0.15) is 12.2 Å². The first-order valence-electron chi connectivity index (χ1n) is 14.1. The highest BCUT2D eigenvalue weighted by atomic mass is 16.8. The van der Waals surface area contributed by atoms with Crippen molar-refractivity contribution in [2.24, 2.45) is 17.8 Å². The maximum Gasteiger partial charge on any atom is 0.514 e. The predicted molar refractivity (Wildman–Crippen MR) is 152 cm³/mol. The minimum atomic E-state index is -2.11. The van der Waals surface area contributed by atoms with Gasteiger partial charge in [0.15, 0.2) is 11.5 Å². The molecule has 11 nitrogen and oxygen atoms in total. The number of ether oxygens (including phenoxy) is 5. The van der Waals surface area contributed by atoms with E-state index in [4.69, 9.17) is 23.7 Å². The van der Waals surface area contributed by atoms with Gasteiger partial charge in [0.25, 0.3) is 5.72 Å². The number of esters is 1. The van der Waals surface area contributed by atoms with Crippen LogP contribution in [0.25, 0.3) is 0 Å². The third-order valence-electron chi connectivity index (χ3n) is 6.59. The SMILES string of the molecule is CCC(C)N[C@@](Cc1ccc(OC(=O)OC(C)C(C)C)c(OC(=O)OC(C)C(C)C)c1)(OC(=O)CC(C)C)C(=O)O. The molecule has 0 aliphatic rings. The fourth-order valence-corrected chi connectivity index (χ4v) is 3.28. The predicted octanol–water partition coefficient (Wildman–Crippen LogP) is 6.11. The minimum absolute atomic E-state index is 0.0143. The maximum absolute atomic E-state index is 12.6. The summed E-state index contributed by atoms with van der Waals surface area (Å²) in [6.07, 6.45) is -2.68. The van der Waals surface area contributed by atoms with Crippen molar-refractivity contribution in [2.45, 2.75) is 112 Å². The highest BCUT2D eigenvalue weighted by Gasteiger charge is 2.44.